The van der Waals surface area contributed by atoms with E-state index in [-0.39, 0.29) is 23.6 Å². The summed E-state index contributed by atoms with van der Waals surface area (Å²) >= 11 is 0. The molecule has 2 aromatic rings. The molecule has 140 valence electrons. The number of benzene rings is 1. The van der Waals surface area contributed by atoms with Gasteiger partial charge < -0.3 is 10.1 Å². The number of carbonyl (C=O) groups excluding carboxylic acids is 1. The lowest BCUT2D eigenvalue weighted by molar-refractivity contribution is -0.137. The lowest BCUT2D eigenvalue weighted by Crippen LogP contribution is -2.54. The van der Waals surface area contributed by atoms with Crippen LogP contribution in [-0.4, -0.2) is 22.6 Å². The highest BCUT2D eigenvalue weighted by Gasteiger charge is 2.73. The van der Waals surface area contributed by atoms with Crippen molar-refractivity contribution < 1.29 is 22.7 Å². The summed E-state index contributed by atoms with van der Waals surface area (Å²) in [4.78, 5) is 17.1. The van der Waals surface area contributed by atoms with E-state index in [2.05, 4.69) is 10.3 Å². The van der Waals surface area contributed by atoms with Gasteiger partial charge in [-0.2, -0.15) is 13.2 Å². The summed E-state index contributed by atoms with van der Waals surface area (Å²) in [5.41, 5.74) is -0.115. The monoisotopic (exact) mass is 374 g/mol. The second kappa shape index (κ2) is 5.55. The number of anilines is 1. The minimum absolute atomic E-state index is 0.00957. The molecule has 1 aromatic carbocycles. The van der Waals surface area contributed by atoms with Crippen LogP contribution in [0.2, 0.25) is 0 Å². The molecule has 4 heterocycles. The van der Waals surface area contributed by atoms with Crippen LogP contribution in [0.1, 0.15) is 29.9 Å². The van der Waals surface area contributed by atoms with Gasteiger partial charge in [0.15, 0.2) is 0 Å². The largest absolute Gasteiger partial charge is 0.416 e. The third-order valence-electron chi connectivity index (χ3n) is 6.16. The number of hydrogen-bond acceptors (Lipinski definition) is 3. The van der Waals surface area contributed by atoms with E-state index in [9.17, 15) is 18.0 Å². The van der Waals surface area contributed by atoms with Gasteiger partial charge in [-0.3, -0.25) is 9.78 Å². The van der Waals surface area contributed by atoms with Gasteiger partial charge in [0.25, 0.3) is 0 Å². The highest BCUT2D eigenvalue weighted by atomic mass is 19.4. The second-order valence-corrected chi connectivity index (χ2v) is 7.67. The van der Waals surface area contributed by atoms with Crippen LogP contribution in [0.3, 0.4) is 0 Å². The van der Waals surface area contributed by atoms with E-state index >= 15 is 0 Å². The first-order chi connectivity index (χ1) is 12.9. The number of halogens is 3. The smallest absolute Gasteiger partial charge is 0.370 e. The maximum atomic E-state index is 13.1. The average molecular weight is 374 g/mol. The average Bonchev–Trinajstić information content (AvgIpc) is 3.26. The van der Waals surface area contributed by atoms with E-state index in [4.69, 9.17) is 4.74 Å². The Labute approximate surface area is 153 Å². The molecule has 27 heavy (non-hydrogen) atoms. The first-order valence-electron chi connectivity index (χ1n) is 8.93. The standard InChI is InChI=1S/C20H17F3N2O2/c21-20(22,23)13-2-1-3-14(8-13)25-18(26)16-15(11-4-6-24-7-5-11)17-12-9-19(16,10-12)27-17/h1-8,12,15-17H,9-10H2,(H,25,26)/t12-,15-,16+,17+,19+/m1/s1. The number of alkyl halides is 3. The summed E-state index contributed by atoms with van der Waals surface area (Å²) in [6.07, 6.45) is 0.610. The lowest BCUT2D eigenvalue weighted by Gasteiger charge is -2.47. The quantitative estimate of drug-likeness (QED) is 0.884. The molecule has 7 heteroatoms. The Kier molecular flexibility index (Phi) is 3.44. The Morgan fingerprint density at radius 2 is 1.93 bits per heavy atom. The van der Waals surface area contributed by atoms with E-state index in [0.29, 0.717) is 5.92 Å². The van der Waals surface area contributed by atoms with E-state index in [1.165, 1.54) is 12.1 Å². The van der Waals surface area contributed by atoms with Crippen molar-refractivity contribution >= 4 is 11.6 Å². The van der Waals surface area contributed by atoms with Gasteiger partial charge in [0.1, 0.15) is 0 Å². The van der Waals surface area contributed by atoms with Crippen LogP contribution < -0.4 is 5.32 Å². The first-order valence-corrected chi connectivity index (χ1v) is 8.93. The fourth-order valence-corrected chi connectivity index (χ4v) is 5.10. The van der Waals surface area contributed by atoms with Crippen LogP contribution in [0, 0.1) is 11.8 Å². The zero-order valence-electron chi connectivity index (χ0n) is 14.2. The number of hydrogen-bond donors (Lipinski definition) is 1. The molecular weight excluding hydrogens is 357 g/mol. The molecule has 4 nitrogen and oxygen atoms in total. The molecule has 3 saturated heterocycles. The van der Waals surface area contributed by atoms with Crippen LogP contribution in [0.15, 0.2) is 48.8 Å². The fourth-order valence-electron chi connectivity index (χ4n) is 5.10. The Hall–Kier alpha value is -2.41. The molecular formula is C20H17F3N2O2. The number of pyridine rings is 1. The van der Waals surface area contributed by atoms with Gasteiger partial charge >= 0.3 is 6.18 Å². The molecule has 1 aliphatic carbocycles. The number of aromatic nitrogens is 1. The Balaban J connectivity index is 1.44. The maximum absolute atomic E-state index is 13.1. The maximum Gasteiger partial charge on any atom is 0.416 e. The third kappa shape index (κ3) is 2.48. The predicted molar refractivity (Wildman–Crippen MR) is 90.9 cm³/mol. The number of nitrogens with one attached hydrogen (secondary N) is 1. The van der Waals surface area contributed by atoms with Crippen LogP contribution in [0.25, 0.3) is 0 Å². The summed E-state index contributed by atoms with van der Waals surface area (Å²) in [6, 6.07) is 8.50. The summed E-state index contributed by atoms with van der Waals surface area (Å²) in [5, 5.41) is 2.70. The molecule has 3 atom stereocenters. The van der Waals surface area contributed by atoms with Crippen molar-refractivity contribution in [3.05, 3.63) is 59.9 Å². The number of nitrogens with zero attached hydrogens (tertiary/aromatic N) is 1. The molecule has 1 amide bonds. The number of carbonyl (C=O) groups is 1. The van der Waals surface area contributed by atoms with Crippen molar-refractivity contribution in [3.8, 4) is 0 Å². The lowest BCUT2D eigenvalue weighted by atomic mass is 9.54. The van der Waals surface area contributed by atoms with Gasteiger partial charge in [-0.25, -0.2) is 0 Å². The molecule has 0 unspecified atom stereocenters. The Morgan fingerprint density at radius 3 is 2.63 bits per heavy atom. The molecule has 3 bridgehead atoms. The first kappa shape index (κ1) is 16.7. The van der Waals surface area contributed by atoms with Gasteiger partial charge in [-0.05, 0) is 54.7 Å². The molecule has 1 saturated carbocycles. The van der Waals surface area contributed by atoms with Crippen molar-refractivity contribution in [1.82, 2.24) is 4.98 Å². The van der Waals surface area contributed by atoms with E-state index < -0.39 is 23.3 Å². The highest BCUT2D eigenvalue weighted by molar-refractivity contribution is 5.95. The molecule has 1 spiro atoms. The van der Waals surface area contributed by atoms with Crippen LogP contribution in [0.5, 0.6) is 0 Å². The SMILES string of the molecule is O=C(Nc1cccc(C(F)(F)F)c1)[C@@H]1[C@@H](c2ccncc2)[C@H]2O[C@]13C[C@@H]2C3. The van der Waals surface area contributed by atoms with Crippen LogP contribution >= 0.6 is 0 Å². The van der Waals surface area contributed by atoms with Crippen LogP contribution in [-0.2, 0) is 15.7 Å². The topological polar surface area (TPSA) is 51.2 Å². The highest BCUT2D eigenvalue weighted by Crippen LogP contribution is 2.68. The van der Waals surface area contributed by atoms with Crippen molar-refractivity contribution in [2.45, 2.75) is 36.6 Å². The summed E-state index contributed by atoms with van der Waals surface area (Å²) < 4.78 is 45.0. The van der Waals surface area contributed by atoms with Gasteiger partial charge in [-0.15, -0.1) is 0 Å². The van der Waals surface area contributed by atoms with E-state index in [1.54, 1.807) is 12.4 Å². The van der Waals surface area contributed by atoms with Gasteiger partial charge in [0.05, 0.1) is 23.2 Å². The third-order valence-corrected chi connectivity index (χ3v) is 6.16. The number of ether oxygens (including phenoxy) is 1. The van der Waals surface area contributed by atoms with Gasteiger partial charge in [0.2, 0.25) is 5.91 Å². The zero-order valence-corrected chi connectivity index (χ0v) is 14.2. The molecule has 6 rings (SSSR count). The molecule has 0 radical (unpaired) electrons. The molecule has 1 N–H and O–H groups in total. The minimum Gasteiger partial charge on any atom is -0.370 e. The predicted octanol–water partition coefficient (Wildman–Crippen LogP) is 4.00. The Morgan fingerprint density at radius 1 is 1.19 bits per heavy atom. The number of amides is 1. The molecule has 4 aliphatic rings. The van der Waals surface area contributed by atoms with E-state index in [0.717, 1.165) is 30.5 Å². The van der Waals surface area contributed by atoms with Gasteiger partial charge in [0, 0.05) is 24.0 Å². The van der Waals surface area contributed by atoms with Crippen molar-refractivity contribution in [1.29, 1.82) is 0 Å². The van der Waals surface area contributed by atoms with Crippen molar-refractivity contribution in [2.75, 3.05) is 5.32 Å². The zero-order chi connectivity index (χ0) is 18.8. The summed E-state index contributed by atoms with van der Waals surface area (Å²) in [6.45, 7) is 0. The molecule has 3 aliphatic heterocycles. The summed E-state index contributed by atoms with van der Waals surface area (Å²) in [5.74, 6) is -0.326. The summed E-state index contributed by atoms with van der Waals surface area (Å²) in [7, 11) is 0. The Bertz CT molecular complexity index is 894. The second-order valence-electron chi connectivity index (χ2n) is 7.67. The molecule has 1 aromatic heterocycles. The fraction of sp³-hybridized carbons (Fsp3) is 0.400. The van der Waals surface area contributed by atoms with Crippen molar-refractivity contribution in [2.24, 2.45) is 11.8 Å². The minimum atomic E-state index is -4.45. The van der Waals surface area contributed by atoms with E-state index in [1.807, 2.05) is 12.1 Å². The molecule has 4 fully saturated rings. The van der Waals surface area contributed by atoms with Crippen LogP contribution in [0.4, 0.5) is 18.9 Å². The van der Waals surface area contributed by atoms with Gasteiger partial charge in [-0.1, -0.05) is 6.07 Å². The van der Waals surface area contributed by atoms with Crippen molar-refractivity contribution in [3.63, 3.8) is 0 Å². The normalized spacial score (nSPS) is 33.6. The number of rotatable bonds is 3.